The average molecular weight is 251 g/mol. The Morgan fingerprint density at radius 2 is 1.84 bits per heavy atom. The van der Waals surface area contributed by atoms with Crippen LogP contribution in [0.2, 0.25) is 0 Å². The van der Waals surface area contributed by atoms with E-state index >= 15 is 0 Å². The quantitative estimate of drug-likeness (QED) is 0.829. The molecule has 2 nitrogen and oxygen atoms in total. The predicted octanol–water partition coefficient (Wildman–Crippen LogP) is 3.72. The highest BCUT2D eigenvalue weighted by Crippen LogP contribution is 2.29. The number of ether oxygens (including phenoxy) is 1. The minimum absolute atomic E-state index is 0.546. The molecule has 96 valence electrons. The Morgan fingerprint density at radius 3 is 2.47 bits per heavy atom. The molecule has 0 aromatic heterocycles. The SMILES string of the molecule is COc1cccc(C(C)(C#N)Cc2ccccc2)c1. The van der Waals surface area contributed by atoms with Crippen LogP contribution >= 0.6 is 0 Å². The minimum Gasteiger partial charge on any atom is -0.497 e. The van der Waals surface area contributed by atoms with Crippen molar-refractivity contribution in [3.8, 4) is 11.8 Å². The van der Waals surface area contributed by atoms with Gasteiger partial charge in [0.2, 0.25) is 0 Å². The molecule has 0 spiro atoms. The zero-order chi connectivity index (χ0) is 13.7. The van der Waals surface area contributed by atoms with Crippen molar-refractivity contribution in [2.45, 2.75) is 18.8 Å². The van der Waals surface area contributed by atoms with E-state index in [1.165, 1.54) is 0 Å². The van der Waals surface area contributed by atoms with Crippen LogP contribution < -0.4 is 4.74 Å². The monoisotopic (exact) mass is 251 g/mol. The van der Waals surface area contributed by atoms with E-state index in [-0.39, 0.29) is 0 Å². The summed E-state index contributed by atoms with van der Waals surface area (Å²) in [7, 11) is 1.64. The van der Waals surface area contributed by atoms with Crippen LogP contribution in [0.4, 0.5) is 0 Å². The minimum atomic E-state index is -0.546. The molecule has 19 heavy (non-hydrogen) atoms. The van der Waals surface area contributed by atoms with E-state index in [4.69, 9.17) is 4.74 Å². The van der Waals surface area contributed by atoms with Gasteiger partial charge in [-0.1, -0.05) is 42.5 Å². The third-order valence-electron chi connectivity index (χ3n) is 3.35. The molecular weight excluding hydrogens is 234 g/mol. The topological polar surface area (TPSA) is 33.0 Å². The van der Waals surface area contributed by atoms with Crippen LogP contribution in [-0.4, -0.2) is 7.11 Å². The molecule has 2 heteroatoms. The lowest BCUT2D eigenvalue weighted by molar-refractivity contribution is 0.413. The molecule has 0 aliphatic carbocycles. The lowest BCUT2D eigenvalue weighted by atomic mass is 9.78. The standard InChI is InChI=1S/C17H17NO/c1-17(13-18,12-14-7-4-3-5-8-14)15-9-6-10-16(11-15)19-2/h3-11H,12H2,1-2H3. The Kier molecular flexibility index (Phi) is 3.87. The van der Waals surface area contributed by atoms with Crippen LogP contribution in [0.3, 0.4) is 0 Å². The Bertz CT molecular complexity index is 586. The summed E-state index contributed by atoms with van der Waals surface area (Å²) >= 11 is 0. The molecule has 0 amide bonds. The maximum Gasteiger partial charge on any atom is 0.119 e. The van der Waals surface area contributed by atoms with E-state index in [1.54, 1.807) is 7.11 Å². The fourth-order valence-corrected chi connectivity index (χ4v) is 2.18. The maximum atomic E-state index is 9.57. The fraction of sp³-hybridized carbons (Fsp3) is 0.235. The molecule has 0 heterocycles. The third kappa shape index (κ3) is 2.95. The summed E-state index contributed by atoms with van der Waals surface area (Å²) in [6.45, 7) is 1.97. The number of rotatable bonds is 4. The van der Waals surface area contributed by atoms with Crippen LogP contribution in [0.1, 0.15) is 18.1 Å². The van der Waals surface area contributed by atoms with E-state index in [9.17, 15) is 5.26 Å². The Hall–Kier alpha value is -2.27. The summed E-state index contributed by atoms with van der Waals surface area (Å²) < 4.78 is 5.24. The molecule has 0 saturated carbocycles. The van der Waals surface area contributed by atoms with E-state index in [0.29, 0.717) is 6.42 Å². The van der Waals surface area contributed by atoms with Crippen molar-refractivity contribution >= 4 is 0 Å². The van der Waals surface area contributed by atoms with Gasteiger partial charge in [0.1, 0.15) is 5.75 Å². The first-order valence-corrected chi connectivity index (χ1v) is 6.28. The average Bonchev–Trinajstić information content (AvgIpc) is 2.48. The lowest BCUT2D eigenvalue weighted by Gasteiger charge is -2.22. The lowest BCUT2D eigenvalue weighted by Crippen LogP contribution is -2.22. The zero-order valence-corrected chi connectivity index (χ0v) is 11.3. The largest absolute Gasteiger partial charge is 0.497 e. The normalized spacial score (nSPS) is 13.3. The van der Waals surface area contributed by atoms with Crippen molar-refractivity contribution in [3.05, 3.63) is 65.7 Å². The zero-order valence-electron chi connectivity index (χ0n) is 11.3. The second kappa shape index (κ2) is 5.58. The molecular formula is C17H17NO. The second-order valence-corrected chi connectivity index (χ2v) is 4.84. The Balaban J connectivity index is 2.34. The van der Waals surface area contributed by atoms with Gasteiger partial charge in [0, 0.05) is 0 Å². The van der Waals surface area contributed by atoms with Crippen molar-refractivity contribution in [2.24, 2.45) is 0 Å². The number of nitriles is 1. The van der Waals surface area contributed by atoms with Crippen LogP contribution in [0.25, 0.3) is 0 Å². The van der Waals surface area contributed by atoms with Gasteiger partial charge in [0.15, 0.2) is 0 Å². The van der Waals surface area contributed by atoms with Crippen LogP contribution in [0.5, 0.6) is 5.75 Å². The molecule has 1 atom stereocenters. The number of hydrogen-bond donors (Lipinski definition) is 0. The first kappa shape index (κ1) is 13.2. The van der Waals surface area contributed by atoms with E-state index < -0.39 is 5.41 Å². The van der Waals surface area contributed by atoms with Gasteiger partial charge in [0.05, 0.1) is 18.6 Å². The molecule has 0 radical (unpaired) electrons. The number of nitrogens with zero attached hydrogens (tertiary/aromatic N) is 1. The highest BCUT2D eigenvalue weighted by molar-refractivity contribution is 5.39. The van der Waals surface area contributed by atoms with Gasteiger partial charge >= 0.3 is 0 Å². The molecule has 1 unspecified atom stereocenters. The highest BCUT2D eigenvalue weighted by atomic mass is 16.5. The molecule has 0 fully saturated rings. The van der Waals surface area contributed by atoms with Gasteiger partial charge in [-0.2, -0.15) is 5.26 Å². The van der Waals surface area contributed by atoms with Crippen LogP contribution in [-0.2, 0) is 11.8 Å². The summed E-state index contributed by atoms with van der Waals surface area (Å²) in [4.78, 5) is 0. The first-order valence-electron chi connectivity index (χ1n) is 6.28. The summed E-state index contributed by atoms with van der Waals surface area (Å²) in [5.74, 6) is 0.784. The van der Waals surface area contributed by atoms with Crippen LogP contribution in [0.15, 0.2) is 54.6 Å². The first-order chi connectivity index (χ1) is 9.18. The van der Waals surface area contributed by atoms with Gasteiger partial charge in [-0.15, -0.1) is 0 Å². The number of hydrogen-bond acceptors (Lipinski definition) is 2. The number of benzene rings is 2. The van der Waals surface area contributed by atoms with Crippen molar-refractivity contribution in [1.29, 1.82) is 5.26 Å². The molecule has 2 rings (SSSR count). The van der Waals surface area contributed by atoms with Crippen molar-refractivity contribution in [2.75, 3.05) is 7.11 Å². The van der Waals surface area contributed by atoms with Gasteiger partial charge in [-0.25, -0.2) is 0 Å². The Morgan fingerprint density at radius 1 is 1.11 bits per heavy atom. The molecule has 0 saturated heterocycles. The Labute approximate surface area is 114 Å². The smallest absolute Gasteiger partial charge is 0.119 e. The highest BCUT2D eigenvalue weighted by Gasteiger charge is 2.27. The van der Waals surface area contributed by atoms with Crippen LogP contribution in [0, 0.1) is 11.3 Å². The summed E-state index contributed by atoms with van der Waals surface area (Å²) in [6.07, 6.45) is 0.692. The summed E-state index contributed by atoms with van der Waals surface area (Å²) in [5, 5.41) is 9.57. The van der Waals surface area contributed by atoms with Crippen molar-refractivity contribution in [3.63, 3.8) is 0 Å². The molecule has 2 aromatic carbocycles. The van der Waals surface area contributed by atoms with Gasteiger partial charge in [0.25, 0.3) is 0 Å². The van der Waals surface area contributed by atoms with E-state index in [1.807, 2.05) is 49.4 Å². The molecule has 0 bridgehead atoms. The molecule has 0 aliphatic rings. The molecule has 0 N–H and O–H groups in total. The van der Waals surface area contributed by atoms with E-state index in [2.05, 4.69) is 18.2 Å². The molecule has 2 aromatic rings. The molecule has 0 aliphatic heterocycles. The second-order valence-electron chi connectivity index (χ2n) is 4.84. The summed E-state index contributed by atoms with van der Waals surface area (Å²) in [6, 6.07) is 20.3. The fourth-order valence-electron chi connectivity index (χ4n) is 2.18. The van der Waals surface area contributed by atoms with Crippen molar-refractivity contribution in [1.82, 2.24) is 0 Å². The van der Waals surface area contributed by atoms with E-state index in [0.717, 1.165) is 16.9 Å². The number of methoxy groups -OCH3 is 1. The predicted molar refractivity (Wildman–Crippen MR) is 76.1 cm³/mol. The third-order valence-corrected chi connectivity index (χ3v) is 3.35. The maximum absolute atomic E-state index is 9.57. The van der Waals surface area contributed by atoms with Gasteiger partial charge in [-0.3, -0.25) is 0 Å². The van der Waals surface area contributed by atoms with Gasteiger partial charge < -0.3 is 4.74 Å². The van der Waals surface area contributed by atoms with Gasteiger partial charge in [-0.05, 0) is 36.6 Å². The van der Waals surface area contributed by atoms with Crippen molar-refractivity contribution < 1.29 is 4.74 Å². The summed E-state index contributed by atoms with van der Waals surface area (Å²) in [5.41, 5.74) is 1.60.